The summed E-state index contributed by atoms with van der Waals surface area (Å²) in [4.78, 5) is 0.380. The van der Waals surface area contributed by atoms with E-state index in [0.717, 1.165) is 5.56 Å². The first kappa shape index (κ1) is 9.99. The molecule has 1 unspecified atom stereocenters. The largest absolute Gasteiger partial charge is 0.223 e. The maximum absolute atomic E-state index is 12.0. The number of hydrogen-bond acceptors (Lipinski definition) is 2. The van der Waals surface area contributed by atoms with E-state index < -0.39 is 20.0 Å². The summed E-state index contributed by atoms with van der Waals surface area (Å²) in [6.45, 7) is 3.33. The van der Waals surface area contributed by atoms with Gasteiger partial charge in [0.25, 0.3) is 0 Å². The van der Waals surface area contributed by atoms with E-state index in [0.29, 0.717) is 4.90 Å². The molecule has 1 aromatic rings. The zero-order chi connectivity index (χ0) is 10.6. The van der Waals surface area contributed by atoms with E-state index in [2.05, 4.69) is 0 Å². The van der Waals surface area contributed by atoms with Crippen molar-refractivity contribution in [2.24, 2.45) is 0 Å². The summed E-state index contributed by atoms with van der Waals surface area (Å²) in [5.74, 6) is 0. The smallest absolute Gasteiger partial charge is 0.185 e. The molecule has 2 rings (SSSR count). The molecule has 0 amide bonds. The summed E-state index contributed by atoms with van der Waals surface area (Å²) in [6.07, 6.45) is 0. The fourth-order valence-electron chi connectivity index (χ4n) is 1.73. The Hall–Kier alpha value is -0.540. The van der Waals surface area contributed by atoms with Crippen molar-refractivity contribution in [2.45, 2.75) is 28.9 Å². The average Bonchev–Trinajstić information content (AvgIpc) is 2.27. The molecule has 0 bridgehead atoms. The van der Waals surface area contributed by atoms with Crippen LogP contribution in [0.25, 0.3) is 0 Å². The summed E-state index contributed by atoms with van der Waals surface area (Å²) in [5.41, 5.74) is 0.721. The molecular weight excluding hydrogens is 220 g/mol. The van der Waals surface area contributed by atoms with Crippen molar-refractivity contribution >= 4 is 21.4 Å². The van der Waals surface area contributed by atoms with E-state index in [9.17, 15) is 8.42 Å². The minimum Gasteiger partial charge on any atom is -0.223 e. The van der Waals surface area contributed by atoms with Crippen LogP contribution in [0.2, 0.25) is 0 Å². The van der Waals surface area contributed by atoms with Gasteiger partial charge in [-0.05, 0) is 25.5 Å². The predicted molar refractivity (Wildman–Crippen MR) is 56.3 cm³/mol. The molecule has 76 valence electrons. The first-order valence-corrected chi connectivity index (χ1v) is 6.28. The lowest BCUT2D eigenvalue weighted by atomic mass is 10.0. The number of rotatable bonds is 0. The zero-order valence-electron chi connectivity index (χ0n) is 7.99. The van der Waals surface area contributed by atoms with Gasteiger partial charge in [0.05, 0.1) is 15.0 Å². The van der Waals surface area contributed by atoms with Crippen LogP contribution < -0.4 is 0 Å². The van der Waals surface area contributed by atoms with Gasteiger partial charge in [-0.25, -0.2) is 8.42 Å². The van der Waals surface area contributed by atoms with Crippen molar-refractivity contribution in [3.8, 4) is 0 Å². The highest BCUT2D eigenvalue weighted by Gasteiger charge is 2.50. The van der Waals surface area contributed by atoms with Gasteiger partial charge in [-0.2, -0.15) is 0 Å². The normalized spacial score (nSPS) is 27.2. The van der Waals surface area contributed by atoms with Crippen LogP contribution in [0.15, 0.2) is 29.2 Å². The molecule has 0 aromatic heterocycles. The van der Waals surface area contributed by atoms with Crippen molar-refractivity contribution in [2.75, 3.05) is 0 Å². The highest BCUT2D eigenvalue weighted by atomic mass is 35.5. The molecular formula is C10H11ClO2S. The van der Waals surface area contributed by atoms with Crippen LogP contribution >= 0.6 is 11.6 Å². The standard InChI is InChI=1S/C10H11ClO2S/c1-10(2)9(11)7-5-3-4-6-8(7)14(10,12)13/h3-6,9H,1-2H3. The highest BCUT2D eigenvalue weighted by molar-refractivity contribution is 7.93. The molecule has 1 aliphatic heterocycles. The van der Waals surface area contributed by atoms with Gasteiger partial charge in [0.2, 0.25) is 0 Å². The lowest BCUT2D eigenvalue weighted by molar-refractivity contribution is 0.555. The maximum Gasteiger partial charge on any atom is 0.185 e. The Morgan fingerprint density at radius 1 is 1.29 bits per heavy atom. The van der Waals surface area contributed by atoms with Crippen LogP contribution in [-0.4, -0.2) is 13.2 Å². The Bertz CT molecular complexity index is 477. The Kier molecular flexibility index (Phi) is 1.95. The van der Waals surface area contributed by atoms with Crippen LogP contribution in [0.1, 0.15) is 24.8 Å². The molecule has 4 heteroatoms. The molecule has 1 aliphatic rings. The third kappa shape index (κ3) is 0.997. The molecule has 2 nitrogen and oxygen atoms in total. The van der Waals surface area contributed by atoms with Gasteiger partial charge in [-0.15, -0.1) is 11.6 Å². The lowest BCUT2D eigenvalue weighted by Gasteiger charge is -2.20. The van der Waals surface area contributed by atoms with E-state index in [1.54, 1.807) is 32.0 Å². The summed E-state index contributed by atoms with van der Waals surface area (Å²) in [6, 6.07) is 6.93. The van der Waals surface area contributed by atoms with Gasteiger partial charge >= 0.3 is 0 Å². The van der Waals surface area contributed by atoms with Gasteiger partial charge < -0.3 is 0 Å². The third-order valence-electron chi connectivity index (χ3n) is 2.78. The first-order chi connectivity index (χ1) is 6.39. The number of alkyl halides is 1. The van der Waals surface area contributed by atoms with E-state index in [1.807, 2.05) is 6.07 Å². The second-order valence-corrected chi connectivity index (χ2v) is 6.94. The van der Waals surface area contributed by atoms with Crippen molar-refractivity contribution in [1.29, 1.82) is 0 Å². The molecule has 1 heterocycles. The maximum atomic E-state index is 12.0. The van der Waals surface area contributed by atoms with E-state index in [-0.39, 0.29) is 0 Å². The Morgan fingerprint density at radius 3 is 2.43 bits per heavy atom. The molecule has 0 radical (unpaired) electrons. The molecule has 0 saturated carbocycles. The van der Waals surface area contributed by atoms with Crippen molar-refractivity contribution in [3.05, 3.63) is 29.8 Å². The van der Waals surface area contributed by atoms with Gasteiger partial charge in [0.15, 0.2) is 9.84 Å². The fraction of sp³-hybridized carbons (Fsp3) is 0.400. The molecule has 1 aromatic carbocycles. The minimum atomic E-state index is -3.26. The summed E-state index contributed by atoms with van der Waals surface area (Å²) < 4.78 is 23.2. The van der Waals surface area contributed by atoms with Crippen molar-refractivity contribution in [1.82, 2.24) is 0 Å². The topological polar surface area (TPSA) is 34.1 Å². The molecule has 1 atom stereocenters. The van der Waals surface area contributed by atoms with Crippen LogP contribution in [0, 0.1) is 0 Å². The Morgan fingerprint density at radius 2 is 1.86 bits per heavy atom. The quantitative estimate of drug-likeness (QED) is 0.642. The van der Waals surface area contributed by atoms with E-state index in [4.69, 9.17) is 11.6 Å². The fourth-order valence-corrected chi connectivity index (χ4v) is 4.06. The number of hydrogen-bond donors (Lipinski definition) is 0. The highest BCUT2D eigenvalue weighted by Crippen LogP contribution is 2.49. The van der Waals surface area contributed by atoms with Crippen LogP contribution in [0.5, 0.6) is 0 Å². The van der Waals surface area contributed by atoms with Gasteiger partial charge in [-0.1, -0.05) is 18.2 Å². The van der Waals surface area contributed by atoms with Crippen LogP contribution in [-0.2, 0) is 9.84 Å². The molecule has 0 N–H and O–H groups in total. The first-order valence-electron chi connectivity index (χ1n) is 4.36. The Balaban J connectivity index is 2.81. The second-order valence-electron chi connectivity index (χ2n) is 4.01. The number of halogens is 1. The molecule has 0 spiro atoms. The van der Waals surface area contributed by atoms with Crippen LogP contribution in [0.3, 0.4) is 0 Å². The van der Waals surface area contributed by atoms with E-state index in [1.165, 1.54) is 0 Å². The van der Waals surface area contributed by atoms with Gasteiger partial charge in [-0.3, -0.25) is 0 Å². The number of fused-ring (bicyclic) bond motifs is 1. The minimum absolute atomic E-state index is 0.380. The SMILES string of the molecule is CC1(C)C(Cl)c2ccccc2S1(=O)=O. The second kappa shape index (κ2) is 2.74. The van der Waals surface area contributed by atoms with E-state index >= 15 is 0 Å². The summed E-state index contributed by atoms with van der Waals surface area (Å²) in [7, 11) is -3.26. The molecule has 0 fully saturated rings. The lowest BCUT2D eigenvalue weighted by Crippen LogP contribution is -2.29. The molecule has 0 aliphatic carbocycles. The summed E-state index contributed by atoms with van der Waals surface area (Å²) >= 11 is 6.14. The molecule has 14 heavy (non-hydrogen) atoms. The average molecular weight is 231 g/mol. The van der Waals surface area contributed by atoms with Gasteiger partial charge in [0.1, 0.15) is 0 Å². The Labute approximate surface area is 88.8 Å². The van der Waals surface area contributed by atoms with Crippen LogP contribution in [0.4, 0.5) is 0 Å². The van der Waals surface area contributed by atoms with Crippen molar-refractivity contribution < 1.29 is 8.42 Å². The number of benzene rings is 1. The third-order valence-corrected chi connectivity index (χ3v) is 6.27. The predicted octanol–water partition coefficient (Wildman–Crippen LogP) is 2.53. The van der Waals surface area contributed by atoms with Gasteiger partial charge in [0, 0.05) is 0 Å². The number of sulfone groups is 1. The van der Waals surface area contributed by atoms with Crippen molar-refractivity contribution in [3.63, 3.8) is 0 Å². The monoisotopic (exact) mass is 230 g/mol. The summed E-state index contributed by atoms with van der Waals surface area (Å²) in [5, 5.41) is -0.455. The zero-order valence-corrected chi connectivity index (χ0v) is 9.56. The molecule has 0 saturated heterocycles.